The Balaban J connectivity index is 1.82. The molecule has 1 amide bonds. The van der Waals surface area contributed by atoms with Crippen molar-refractivity contribution < 1.29 is 4.79 Å². The summed E-state index contributed by atoms with van der Waals surface area (Å²) in [6.45, 7) is 11.7. The zero-order chi connectivity index (χ0) is 17.4. The number of anilines is 1. The van der Waals surface area contributed by atoms with Crippen LogP contribution in [0, 0.1) is 5.92 Å². The van der Waals surface area contributed by atoms with Crippen molar-refractivity contribution in [3.8, 4) is 0 Å². The van der Waals surface area contributed by atoms with Gasteiger partial charge in [-0.05, 0) is 75.6 Å². The van der Waals surface area contributed by atoms with E-state index in [0.29, 0.717) is 5.92 Å². The molecule has 1 aromatic carbocycles. The van der Waals surface area contributed by atoms with Gasteiger partial charge >= 0.3 is 0 Å². The molecule has 0 aliphatic carbocycles. The van der Waals surface area contributed by atoms with Gasteiger partial charge in [-0.3, -0.25) is 4.79 Å². The maximum atomic E-state index is 11.9. The van der Waals surface area contributed by atoms with Crippen LogP contribution in [0.2, 0.25) is 0 Å². The zero-order valence-corrected chi connectivity index (χ0v) is 15.5. The number of rotatable bonds is 8. The number of nitrogens with zero attached hydrogens (tertiary/aromatic N) is 1. The minimum atomic E-state index is 0.0130. The molecule has 1 aromatic rings. The number of carbonyl (C=O) groups excluding carboxylic acids is 1. The van der Waals surface area contributed by atoms with Crippen molar-refractivity contribution in [2.24, 2.45) is 5.92 Å². The molecule has 0 unspecified atom stereocenters. The first-order valence-electron chi connectivity index (χ1n) is 9.44. The molecule has 0 aromatic heterocycles. The average Bonchev–Trinajstić information content (AvgIpc) is 2.59. The van der Waals surface area contributed by atoms with Gasteiger partial charge in [0.2, 0.25) is 5.91 Å². The van der Waals surface area contributed by atoms with Crippen molar-refractivity contribution in [3.63, 3.8) is 0 Å². The van der Waals surface area contributed by atoms with Gasteiger partial charge in [0.1, 0.15) is 0 Å². The van der Waals surface area contributed by atoms with Gasteiger partial charge in [-0.1, -0.05) is 32.9 Å². The molecule has 0 saturated carbocycles. The lowest BCUT2D eigenvalue weighted by atomic mass is 9.89. The van der Waals surface area contributed by atoms with E-state index in [4.69, 9.17) is 0 Å². The monoisotopic (exact) mass is 331 g/mol. The van der Waals surface area contributed by atoms with Crippen molar-refractivity contribution in [2.75, 3.05) is 38.0 Å². The molecule has 1 aliphatic heterocycles. The van der Waals surface area contributed by atoms with Crippen LogP contribution in [0.15, 0.2) is 24.3 Å². The van der Waals surface area contributed by atoms with Crippen LogP contribution in [0.3, 0.4) is 0 Å². The van der Waals surface area contributed by atoms with Crippen LogP contribution in [0.25, 0.3) is 0 Å². The Hall–Kier alpha value is -1.39. The van der Waals surface area contributed by atoms with Gasteiger partial charge in [-0.25, -0.2) is 0 Å². The molecule has 0 spiro atoms. The fraction of sp³-hybridized carbons (Fsp3) is 0.650. The molecule has 4 nitrogen and oxygen atoms in total. The highest BCUT2D eigenvalue weighted by Crippen LogP contribution is 2.29. The third-order valence-corrected chi connectivity index (χ3v) is 4.82. The van der Waals surface area contributed by atoms with Gasteiger partial charge < -0.3 is 15.5 Å². The number of piperidine rings is 1. The number of carbonyl (C=O) groups is 1. The summed E-state index contributed by atoms with van der Waals surface area (Å²) in [6, 6.07) is 8.41. The Kier molecular flexibility index (Phi) is 7.73. The van der Waals surface area contributed by atoms with Crippen LogP contribution >= 0.6 is 0 Å². The molecule has 1 aliphatic rings. The van der Waals surface area contributed by atoms with E-state index in [2.05, 4.69) is 40.7 Å². The minimum Gasteiger partial charge on any atom is -0.326 e. The fourth-order valence-corrected chi connectivity index (χ4v) is 3.25. The van der Waals surface area contributed by atoms with Crippen LogP contribution in [0.5, 0.6) is 0 Å². The van der Waals surface area contributed by atoms with E-state index in [1.807, 2.05) is 19.9 Å². The van der Waals surface area contributed by atoms with Gasteiger partial charge in [0, 0.05) is 11.6 Å². The molecule has 134 valence electrons. The predicted octanol–water partition coefficient (Wildman–Crippen LogP) is 3.46. The highest BCUT2D eigenvalue weighted by molar-refractivity contribution is 5.92. The van der Waals surface area contributed by atoms with Gasteiger partial charge in [0.05, 0.1) is 0 Å². The summed E-state index contributed by atoms with van der Waals surface area (Å²) in [5.74, 6) is 0.715. The predicted molar refractivity (Wildman–Crippen MR) is 101 cm³/mol. The Bertz CT molecular complexity index is 507. The maximum Gasteiger partial charge on any atom is 0.226 e. The highest BCUT2D eigenvalue weighted by Gasteiger charge is 2.20. The first-order valence-corrected chi connectivity index (χ1v) is 9.44. The van der Waals surface area contributed by atoms with Crippen LogP contribution in [0.1, 0.15) is 51.5 Å². The smallest absolute Gasteiger partial charge is 0.226 e. The van der Waals surface area contributed by atoms with E-state index < -0.39 is 0 Å². The SMILES string of the molecule is CCNCCCN1CCC(c2cccc(NC(=O)C(C)C)c2)CC1. The summed E-state index contributed by atoms with van der Waals surface area (Å²) in [5, 5.41) is 6.40. The molecule has 0 bridgehead atoms. The Morgan fingerprint density at radius 1 is 1.29 bits per heavy atom. The standard InChI is InChI=1S/C20H33N3O/c1-4-21-11-6-12-23-13-9-17(10-14-23)18-7-5-8-19(15-18)22-20(24)16(2)3/h5,7-8,15-17,21H,4,6,9-14H2,1-3H3,(H,22,24). The Morgan fingerprint density at radius 3 is 2.71 bits per heavy atom. The van der Waals surface area contributed by atoms with Crippen molar-refractivity contribution in [1.29, 1.82) is 0 Å². The van der Waals surface area contributed by atoms with E-state index in [0.717, 1.165) is 18.8 Å². The molecule has 0 radical (unpaired) electrons. The van der Waals surface area contributed by atoms with E-state index in [9.17, 15) is 4.79 Å². The summed E-state index contributed by atoms with van der Waals surface area (Å²) >= 11 is 0. The minimum absolute atomic E-state index is 0.0130. The van der Waals surface area contributed by atoms with E-state index in [-0.39, 0.29) is 11.8 Å². The van der Waals surface area contributed by atoms with E-state index in [1.165, 1.54) is 44.5 Å². The molecule has 2 N–H and O–H groups in total. The second kappa shape index (κ2) is 9.80. The lowest BCUT2D eigenvalue weighted by molar-refractivity contribution is -0.118. The van der Waals surface area contributed by atoms with Crippen molar-refractivity contribution >= 4 is 11.6 Å². The lowest BCUT2D eigenvalue weighted by Gasteiger charge is -2.32. The van der Waals surface area contributed by atoms with Crippen molar-refractivity contribution in [1.82, 2.24) is 10.2 Å². The molecule has 1 heterocycles. The third-order valence-electron chi connectivity index (χ3n) is 4.82. The average molecular weight is 332 g/mol. The zero-order valence-electron chi connectivity index (χ0n) is 15.5. The third kappa shape index (κ3) is 5.91. The first kappa shape index (κ1) is 18.9. The van der Waals surface area contributed by atoms with Crippen LogP contribution in [0.4, 0.5) is 5.69 Å². The number of nitrogens with one attached hydrogen (secondary N) is 2. The van der Waals surface area contributed by atoms with Gasteiger partial charge in [-0.15, -0.1) is 0 Å². The van der Waals surface area contributed by atoms with Crippen LogP contribution < -0.4 is 10.6 Å². The summed E-state index contributed by atoms with van der Waals surface area (Å²) < 4.78 is 0. The number of benzene rings is 1. The molecule has 0 atom stereocenters. The highest BCUT2D eigenvalue weighted by atomic mass is 16.1. The number of likely N-dealkylation sites (tertiary alicyclic amines) is 1. The topological polar surface area (TPSA) is 44.4 Å². The van der Waals surface area contributed by atoms with Gasteiger partial charge in [0.25, 0.3) is 0 Å². The van der Waals surface area contributed by atoms with Crippen LogP contribution in [-0.2, 0) is 4.79 Å². The summed E-state index contributed by atoms with van der Waals surface area (Å²) in [4.78, 5) is 14.4. The van der Waals surface area contributed by atoms with E-state index in [1.54, 1.807) is 0 Å². The maximum absolute atomic E-state index is 11.9. The number of hydrogen-bond acceptors (Lipinski definition) is 3. The first-order chi connectivity index (χ1) is 11.6. The van der Waals surface area contributed by atoms with Gasteiger partial charge in [-0.2, -0.15) is 0 Å². The molecule has 4 heteroatoms. The Labute approximate surface area is 147 Å². The summed E-state index contributed by atoms with van der Waals surface area (Å²) in [5.41, 5.74) is 2.29. The largest absolute Gasteiger partial charge is 0.326 e. The van der Waals surface area contributed by atoms with Crippen molar-refractivity contribution in [2.45, 2.75) is 46.0 Å². The van der Waals surface area contributed by atoms with Crippen LogP contribution in [-0.4, -0.2) is 43.5 Å². The fourth-order valence-electron chi connectivity index (χ4n) is 3.25. The lowest BCUT2D eigenvalue weighted by Crippen LogP contribution is -2.34. The second-order valence-corrected chi connectivity index (χ2v) is 7.09. The molecule has 2 rings (SSSR count). The Morgan fingerprint density at radius 2 is 2.04 bits per heavy atom. The molecule has 1 fully saturated rings. The normalized spacial score (nSPS) is 16.5. The second-order valence-electron chi connectivity index (χ2n) is 7.09. The van der Waals surface area contributed by atoms with Crippen molar-refractivity contribution in [3.05, 3.63) is 29.8 Å². The van der Waals surface area contributed by atoms with E-state index >= 15 is 0 Å². The molecule has 1 saturated heterocycles. The quantitative estimate of drug-likeness (QED) is 0.717. The number of hydrogen-bond donors (Lipinski definition) is 2. The molecular weight excluding hydrogens is 298 g/mol. The molecular formula is C20H33N3O. The molecule has 24 heavy (non-hydrogen) atoms. The van der Waals surface area contributed by atoms with Gasteiger partial charge in [0.15, 0.2) is 0 Å². The number of amides is 1. The summed E-state index contributed by atoms with van der Waals surface area (Å²) in [7, 11) is 0. The summed E-state index contributed by atoms with van der Waals surface area (Å²) in [6.07, 6.45) is 3.65.